The van der Waals surface area contributed by atoms with Crippen molar-refractivity contribution >= 4 is 11.7 Å². The zero-order valence-electron chi connectivity index (χ0n) is 21.7. The first-order chi connectivity index (χ1) is 18.2. The molecule has 2 saturated heterocycles. The third-order valence-corrected chi connectivity index (χ3v) is 7.60. The van der Waals surface area contributed by atoms with Crippen molar-refractivity contribution in [1.82, 2.24) is 4.90 Å². The van der Waals surface area contributed by atoms with Crippen LogP contribution < -0.4 is 14.4 Å². The molecule has 1 N–H and O–H groups in total. The number of aliphatic carboxylic acids is 1. The average Bonchev–Trinajstić information content (AvgIpc) is 2.92. The van der Waals surface area contributed by atoms with Crippen LogP contribution in [0.25, 0.3) is 0 Å². The highest BCUT2D eigenvalue weighted by atomic mass is 19.4. The number of piperidine rings is 2. The fourth-order valence-electron chi connectivity index (χ4n) is 5.40. The number of carboxylic acid groups (broad SMARTS) is 1. The van der Waals surface area contributed by atoms with E-state index in [1.807, 2.05) is 0 Å². The SMILES string of the molecule is O=C(O)C(F)(F)F.c1ccc2c(c1)CCC1(CCN(c3ccc(OCCCN4CCCCC4)cc3)CC1)O2. The molecule has 3 aliphatic heterocycles. The summed E-state index contributed by atoms with van der Waals surface area (Å²) in [5.74, 6) is -0.667. The molecular formula is C29H37F3N2O4. The third kappa shape index (κ3) is 7.79. The lowest BCUT2D eigenvalue weighted by Gasteiger charge is -2.45. The number of anilines is 1. The molecule has 208 valence electrons. The Bertz CT molecular complexity index is 1030. The molecule has 3 aliphatic rings. The van der Waals surface area contributed by atoms with Crippen LogP contribution in [-0.4, -0.2) is 67.1 Å². The molecule has 0 saturated carbocycles. The van der Waals surface area contributed by atoms with Crippen LogP contribution in [0.1, 0.15) is 50.5 Å². The van der Waals surface area contributed by atoms with Gasteiger partial charge >= 0.3 is 12.1 Å². The minimum Gasteiger partial charge on any atom is -0.494 e. The van der Waals surface area contributed by atoms with Gasteiger partial charge in [-0.25, -0.2) is 4.79 Å². The normalized spacial score (nSPS) is 19.1. The second kappa shape index (κ2) is 12.7. The highest BCUT2D eigenvalue weighted by molar-refractivity contribution is 5.73. The molecule has 0 amide bonds. The van der Waals surface area contributed by atoms with Gasteiger partial charge in [0.25, 0.3) is 0 Å². The lowest BCUT2D eigenvalue weighted by atomic mass is 9.83. The number of alkyl halides is 3. The molecule has 0 aliphatic carbocycles. The molecule has 6 nitrogen and oxygen atoms in total. The number of benzene rings is 2. The average molecular weight is 535 g/mol. The molecule has 9 heteroatoms. The summed E-state index contributed by atoms with van der Waals surface area (Å²) in [6.07, 6.45) is 4.62. The van der Waals surface area contributed by atoms with E-state index >= 15 is 0 Å². The Morgan fingerprint density at radius 3 is 2.26 bits per heavy atom. The Labute approximate surface area is 222 Å². The van der Waals surface area contributed by atoms with Gasteiger partial charge in [-0.15, -0.1) is 0 Å². The number of hydrogen-bond acceptors (Lipinski definition) is 5. The van der Waals surface area contributed by atoms with E-state index in [1.165, 1.54) is 50.1 Å². The maximum atomic E-state index is 10.6. The van der Waals surface area contributed by atoms with Gasteiger partial charge in [-0.05, 0) is 81.1 Å². The van der Waals surface area contributed by atoms with Crippen molar-refractivity contribution in [2.24, 2.45) is 0 Å². The summed E-state index contributed by atoms with van der Waals surface area (Å²) in [6.45, 7) is 6.62. The van der Waals surface area contributed by atoms with Gasteiger partial charge in [-0.1, -0.05) is 24.6 Å². The van der Waals surface area contributed by atoms with Gasteiger partial charge in [-0.2, -0.15) is 13.2 Å². The molecule has 5 rings (SSSR count). The van der Waals surface area contributed by atoms with Crippen molar-refractivity contribution in [3.63, 3.8) is 0 Å². The van der Waals surface area contributed by atoms with Crippen molar-refractivity contribution in [3.8, 4) is 11.5 Å². The number of fused-ring (bicyclic) bond motifs is 1. The van der Waals surface area contributed by atoms with E-state index in [1.54, 1.807) is 0 Å². The van der Waals surface area contributed by atoms with Crippen molar-refractivity contribution in [2.45, 2.75) is 63.1 Å². The van der Waals surface area contributed by atoms with Gasteiger partial charge in [0.05, 0.1) is 6.61 Å². The third-order valence-electron chi connectivity index (χ3n) is 7.60. The number of rotatable bonds is 6. The Hall–Kier alpha value is -2.94. The van der Waals surface area contributed by atoms with Crippen molar-refractivity contribution in [2.75, 3.05) is 44.2 Å². The topological polar surface area (TPSA) is 62.2 Å². The van der Waals surface area contributed by atoms with E-state index in [0.717, 1.165) is 63.3 Å². The summed E-state index contributed by atoms with van der Waals surface area (Å²) in [4.78, 5) is 14.0. The van der Waals surface area contributed by atoms with Gasteiger partial charge in [0.15, 0.2) is 0 Å². The smallest absolute Gasteiger partial charge is 0.490 e. The summed E-state index contributed by atoms with van der Waals surface area (Å²) in [6, 6.07) is 17.2. The zero-order chi connectivity index (χ0) is 27.0. The van der Waals surface area contributed by atoms with Crippen LogP contribution in [0.4, 0.5) is 18.9 Å². The van der Waals surface area contributed by atoms with Gasteiger partial charge in [0.1, 0.15) is 17.1 Å². The quantitative estimate of drug-likeness (QED) is 0.463. The van der Waals surface area contributed by atoms with Crippen LogP contribution in [0, 0.1) is 0 Å². The fourth-order valence-corrected chi connectivity index (χ4v) is 5.40. The number of aryl methyl sites for hydroxylation is 1. The molecule has 0 unspecified atom stereocenters. The highest BCUT2D eigenvalue weighted by Crippen LogP contribution is 2.40. The van der Waals surface area contributed by atoms with Crippen molar-refractivity contribution < 1.29 is 32.5 Å². The molecule has 2 aromatic rings. The second-order valence-corrected chi connectivity index (χ2v) is 10.3. The number of carboxylic acids is 1. The van der Waals surface area contributed by atoms with E-state index in [2.05, 4.69) is 58.3 Å². The largest absolute Gasteiger partial charge is 0.494 e. The summed E-state index contributed by atoms with van der Waals surface area (Å²) < 4.78 is 44.2. The summed E-state index contributed by atoms with van der Waals surface area (Å²) in [5.41, 5.74) is 2.69. The van der Waals surface area contributed by atoms with Gasteiger partial charge in [0.2, 0.25) is 0 Å². The second-order valence-electron chi connectivity index (χ2n) is 10.3. The molecular weight excluding hydrogens is 497 g/mol. The Kier molecular flexibility index (Phi) is 9.41. The van der Waals surface area contributed by atoms with E-state index in [4.69, 9.17) is 19.4 Å². The van der Waals surface area contributed by atoms with Crippen LogP contribution in [0.3, 0.4) is 0 Å². The molecule has 0 bridgehead atoms. The van der Waals surface area contributed by atoms with Gasteiger partial charge in [0, 0.05) is 38.2 Å². The monoisotopic (exact) mass is 534 g/mol. The Balaban J connectivity index is 0.000000426. The molecule has 3 heterocycles. The highest BCUT2D eigenvalue weighted by Gasteiger charge is 2.39. The fraction of sp³-hybridized carbons (Fsp3) is 0.552. The molecule has 0 atom stereocenters. The van der Waals surface area contributed by atoms with Crippen molar-refractivity contribution in [1.29, 1.82) is 0 Å². The lowest BCUT2D eigenvalue weighted by Crippen LogP contribution is -2.49. The molecule has 2 fully saturated rings. The first-order valence-electron chi connectivity index (χ1n) is 13.5. The van der Waals surface area contributed by atoms with Gasteiger partial charge in [-0.3, -0.25) is 0 Å². The van der Waals surface area contributed by atoms with E-state index in [9.17, 15) is 13.2 Å². The first kappa shape index (κ1) is 28.1. The number of para-hydroxylation sites is 1. The van der Waals surface area contributed by atoms with Gasteiger partial charge < -0.3 is 24.4 Å². The summed E-state index contributed by atoms with van der Waals surface area (Å²) in [7, 11) is 0. The maximum absolute atomic E-state index is 10.6. The summed E-state index contributed by atoms with van der Waals surface area (Å²) in [5, 5.41) is 7.12. The number of likely N-dealkylation sites (tertiary alicyclic amines) is 1. The predicted octanol–water partition coefficient (Wildman–Crippen LogP) is 5.94. The van der Waals surface area contributed by atoms with Crippen LogP contribution in [0.5, 0.6) is 11.5 Å². The van der Waals surface area contributed by atoms with E-state index < -0.39 is 12.1 Å². The number of hydrogen-bond donors (Lipinski definition) is 1. The van der Waals surface area contributed by atoms with Crippen LogP contribution >= 0.6 is 0 Å². The minimum absolute atomic E-state index is 0.0300. The molecule has 2 aromatic carbocycles. The van der Waals surface area contributed by atoms with E-state index in [0.29, 0.717) is 0 Å². The maximum Gasteiger partial charge on any atom is 0.490 e. The number of nitrogens with zero attached hydrogens (tertiary/aromatic N) is 2. The number of halogens is 3. The zero-order valence-corrected chi connectivity index (χ0v) is 21.7. The Morgan fingerprint density at radius 1 is 0.947 bits per heavy atom. The molecule has 0 aromatic heterocycles. The number of ether oxygens (including phenoxy) is 2. The van der Waals surface area contributed by atoms with Crippen molar-refractivity contribution in [3.05, 3.63) is 54.1 Å². The van der Waals surface area contributed by atoms with E-state index in [-0.39, 0.29) is 5.60 Å². The molecule has 1 spiro atoms. The minimum atomic E-state index is -5.08. The van der Waals surface area contributed by atoms with Crippen LogP contribution in [0.2, 0.25) is 0 Å². The van der Waals surface area contributed by atoms with Crippen LogP contribution in [0.15, 0.2) is 48.5 Å². The lowest BCUT2D eigenvalue weighted by molar-refractivity contribution is -0.192. The van der Waals surface area contributed by atoms with Crippen LogP contribution in [-0.2, 0) is 11.2 Å². The first-order valence-corrected chi connectivity index (χ1v) is 13.5. The molecule has 0 radical (unpaired) electrons. The summed E-state index contributed by atoms with van der Waals surface area (Å²) >= 11 is 0. The number of carbonyl (C=O) groups is 1. The molecule has 38 heavy (non-hydrogen) atoms. The predicted molar refractivity (Wildman–Crippen MR) is 140 cm³/mol. The Morgan fingerprint density at radius 2 is 1.61 bits per heavy atom. The standard InChI is InChI=1S/C27H36N2O2.C2HF3O2/c1-4-17-28(18-5-1)19-6-22-30-25-11-9-24(10-12-25)29-20-15-27(16-21-29)14-13-23-7-2-3-8-26(23)31-27;3-2(4,5)1(6)7/h2-3,7-12H,1,4-6,13-22H2;(H,6,7).